The van der Waals surface area contributed by atoms with Crippen molar-refractivity contribution < 1.29 is 17.9 Å². The molecule has 8 heteroatoms. The molecule has 1 atom stereocenters. The fourth-order valence-electron chi connectivity index (χ4n) is 2.12. The second-order valence-electron chi connectivity index (χ2n) is 5.09. The number of hydrogen-bond acceptors (Lipinski definition) is 4. The average Bonchev–Trinajstić information content (AvgIpc) is 2.73. The minimum atomic E-state index is -3.76. The number of hydrogen-bond donors (Lipinski definition) is 0. The first-order chi connectivity index (χ1) is 9.68. The summed E-state index contributed by atoms with van der Waals surface area (Å²) in [5, 5.41) is -0.525. The van der Waals surface area contributed by atoms with Crippen LogP contribution >= 0.6 is 22.3 Å². The lowest BCUT2D eigenvalue weighted by molar-refractivity contribution is -0.117. The fourth-order valence-corrected chi connectivity index (χ4v) is 3.37. The first-order valence-corrected chi connectivity index (χ1v) is 9.13. The summed E-state index contributed by atoms with van der Waals surface area (Å²) in [5.74, 6) is 0.224. The van der Waals surface area contributed by atoms with Crippen molar-refractivity contribution in [1.29, 1.82) is 0 Å². The minimum absolute atomic E-state index is 0.0208. The van der Waals surface area contributed by atoms with Gasteiger partial charge in [0.15, 0.2) is 0 Å². The molecule has 21 heavy (non-hydrogen) atoms. The second-order valence-corrected chi connectivity index (χ2v) is 8.40. The van der Waals surface area contributed by atoms with E-state index in [1.54, 1.807) is 18.2 Å². The first kappa shape index (κ1) is 16.4. The highest BCUT2D eigenvalue weighted by Crippen LogP contribution is 2.33. The SMILES string of the molecule is CC(C)Oc1ccc(N2CC(S(=O)(=O)Cl)CC2=O)cc1Cl. The van der Waals surface area contributed by atoms with Crippen LogP contribution in [-0.4, -0.2) is 32.2 Å². The molecule has 1 aromatic rings. The predicted octanol–water partition coefficient (Wildman–Crippen LogP) is 2.80. The van der Waals surface area contributed by atoms with E-state index in [1.165, 1.54) is 4.90 Å². The maximum atomic E-state index is 11.9. The molecule has 0 saturated carbocycles. The number of benzene rings is 1. The van der Waals surface area contributed by atoms with Crippen LogP contribution in [0.3, 0.4) is 0 Å². The van der Waals surface area contributed by atoms with E-state index in [1.807, 2.05) is 13.8 Å². The zero-order valence-electron chi connectivity index (χ0n) is 11.5. The molecule has 1 fully saturated rings. The van der Waals surface area contributed by atoms with Crippen LogP contribution in [0.15, 0.2) is 18.2 Å². The lowest BCUT2D eigenvalue weighted by atomic mass is 10.2. The van der Waals surface area contributed by atoms with Gasteiger partial charge in [0.1, 0.15) is 11.0 Å². The molecule has 0 bridgehead atoms. The number of rotatable bonds is 4. The van der Waals surface area contributed by atoms with Gasteiger partial charge in [-0.1, -0.05) is 11.6 Å². The highest BCUT2D eigenvalue weighted by molar-refractivity contribution is 8.14. The van der Waals surface area contributed by atoms with E-state index < -0.39 is 14.3 Å². The standard InChI is InChI=1S/C13H15Cl2NO4S/c1-8(2)20-12-4-3-9(5-11(12)14)16-7-10(6-13(16)17)21(15,18)19/h3-5,8,10H,6-7H2,1-2H3. The van der Waals surface area contributed by atoms with E-state index in [-0.39, 0.29) is 25.0 Å². The predicted molar refractivity (Wildman–Crippen MR) is 82.7 cm³/mol. The number of carbonyl (C=O) groups excluding carboxylic acids is 1. The number of halogens is 2. The summed E-state index contributed by atoms with van der Waals surface area (Å²) in [6.07, 6.45) is -0.138. The molecule has 1 saturated heterocycles. The van der Waals surface area contributed by atoms with Gasteiger partial charge in [0.05, 0.1) is 11.1 Å². The van der Waals surface area contributed by atoms with Crippen molar-refractivity contribution in [3.05, 3.63) is 23.2 Å². The van der Waals surface area contributed by atoms with Gasteiger partial charge in [-0.2, -0.15) is 0 Å². The van der Waals surface area contributed by atoms with E-state index in [0.29, 0.717) is 16.5 Å². The summed E-state index contributed by atoms with van der Waals surface area (Å²) in [5.41, 5.74) is 0.531. The Balaban J connectivity index is 2.23. The normalized spacial score (nSPS) is 19.4. The molecule has 0 aliphatic carbocycles. The molecule has 116 valence electrons. The summed E-state index contributed by atoms with van der Waals surface area (Å²) >= 11 is 6.12. The highest BCUT2D eigenvalue weighted by Gasteiger charge is 2.38. The number of nitrogens with zero attached hydrogens (tertiary/aromatic N) is 1. The molecular formula is C13H15Cl2NO4S. The summed E-state index contributed by atoms with van der Waals surface area (Å²) in [4.78, 5) is 13.3. The third-order valence-corrected chi connectivity index (χ3v) is 5.24. The Labute approximate surface area is 133 Å². The molecule has 1 amide bonds. The smallest absolute Gasteiger partial charge is 0.237 e. The van der Waals surface area contributed by atoms with E-state index >= 15 is 0 Å². The van der Waals surface area contributed by atoms with E-state index in [4.69, 9.17) is 27.0 Å². The van der Waals surface area contributed by atoms with Gasteiger partial charge in [0, 0.05) is 29.3 Å². The van der Waals surface area contributed by atoms with Crippen LogP contribution in [0.1, 0.15) is 20.3 Å². The molecule has 0 aromatic heterocycles. The lowest BCUT2D eigenvalue weighted by Gasteiger charge is -2.18. The molecule has 0 N–H and O–H groups in total. The van der Waals surface area contributed by atoms with Crippen molar-refractivity contribution in [2.75, 3.05) is 11.4 Å². The molecular weight excluding hydrogens is 337 g/mol. The highest BCUT2D eigenvalue weighted by atomic mass is 35.7. The molecule has 1 heterocycles. The number of anilines is 1. The van der Waals surface area contributed by atoms with Gasteiger partial charge in [-0.15, -0.1) is 0 Å². The molecule has 0 spiro atoms. The summed E-state index contributed by atoms with van der Waals surface area (Å²) < 4.78 is 28.2. The van der Waals surface area contributed by atoms with Crippen LogP contribution in [0, 0.1) is 0 Å². The lowest BCUT2D eigenvalue weighted by Crippen LogP contribution is -2.26. The van der Waals surface area contributed by atoms with Crippen molar-refractivity contribution in [3.63, 3.8) is 0 Å². The number of amides is 1. The molecule has 1 aromatic carbocycles. The molecule has 2 rings (SSSR count). The van der Waals surface area contributed by atoms with E-state index in [2.05, 4.69) is 0 Å². The monoisotopic (exact) mass is 351 g/mol. The summed E-state index contributed by atoms with van der Waals surface area (Å²) in [6.45, 7) is 3.79. The topological polar surface area (TPSA) is 63.7 Å². The quantitative estimate of drug-likeness (QED) is 0.782. The van der Waals surface area contributed by atoms with Gasteiger partial charge in [0.2, 0.25) is 15.0 Å². The minimum Gasteiger partial charge on any atom is -0.489 e. The Hall–Kier alpha value is -0.980. The maximum absolute atomic E-state index is 11.9. The summed E-state index contributed by atoms with van der Waals surface area (Å²) in [6, 6.07) is 4.92. The molecule has 1 aliphatic heterocycles. The Bertz CT molecular complexity index is 660. The van der Waals surface area contributed by atoms with E-state index in [9.17, 15) is 13.2 Å². The van der Waals surface area contributed by atoms with Crippen molar-refractivity contribution >= 4 is 42.9 Å². The van der Waals surface area contributed by atoms with Crippen LogP contribution in [-0.2, 0) is 13.8 Å². The number of carbonyl (C=O) groups is 1. The van der Waals surface area contributed by atoms with Crippen molar-refractivity contribution in [3.8, 4) is 5.75 Å². The van der Waals surface area contributed by atoms with Crippen molar-refractivity contribution in [2.24, 2.45) is 0 Å². The van der Waals surface area contributed by atoms with Crippen LogP contribution in [0.25, 0.3) is 0 Å². The molecule has 1 aliphatic rings. The van der Waals surface area contributed by atoms with Crippen LogP contribution in [0.2, 0.25) is 5.02 Å². The van der Waals surface area contributed by atoms with Gasteiger partial charge in [-0.3, -0.25) is 4.79 Å². The zero-order chi connectivity index (χ0) is 15.8. The molecule has 0 radical (unpaired) electrons. The number of ether oxygens (including phenoxy) is 1. The third kappa shape index (κ3) is 3.81. The zero-order valence-corrected chi connectivity index (χ0v) is 13.9. The van der Waals surface area contributed by atoms with Gasteiger partial charge in [-0.05, 0) is 32.0 Å². The first-order valence-electron chi connectivity index (χ1n) is 6.38. The second kappa shape index (κ2) is 6.02. The Kier molecular flexibility index (Phi) is 4.70. The Morgan fingerprint density at radius 1 is 1.38 bits per heavy atom. The van der Waals surface area contributed by atoms with Crippen molar-refractivity contribution in [1.82, 2.24) is 0 Å². The summed E-state index contributed by atoms with van der Waals surface area (Å²) in [7, 11) is 1.56. The van der Waals surface area contributed by atoms with Gasteiger partial charge < -0.3 is 9.64 Å². The molecule has 1 unspecified atom stereocenters. The van der Waals surface area contributed by atoms with Gasteiger partial charge in [0.25, 0.3) is 0 Å². The van der Waals surface area contributed by atoms with Crippen LogP contribution in [0.4, 0.5) is 5.69 Å². The average molecular weight is 352 g/mol. The van der Waals surface area contributed by atoms with Crippen LogP contribution in [0.5, 0.6) is 5.75 Å². The van der Waals surface area contributed by atoms with Gasteiger partial charge in [-0.25, -0.2) is 8.42 Å². The largest absolute Gasteiger partial charge is 0.489 e. The molecule has 5 nitrogen and oxygen atoms in total. The van der Waals surface area contributed by atoms with Crippen LogP contribution < -0.4 is 9.64 Å². The Morgan fingerprint density at radius 2 is 2.05 bits per heavy atom. The fraction of sp³-hybridized carbons (Fsp3) is 0.462. The van der Waals surface area contributed by atoms with Gasteiger partial charge >= 0.3 is 0 Å². The van der Waals surface area contributed by atoms with E-state index in [0.717, 1.165) is 0 Å². The third-order valence-electron chi connectivity index (χ3n) is 3.08. The van der Waals surface area contributed by atoms with Crippen molar-refractivity contribution in [2.45, 2.75) is 31.6 Å². The maximum Gasteiger partial charge on any atom is 0.237 e. The Morgan fingerprint density at radius 3 is 2.52 bits per heavy atom.